The molecular weight excluding hydrogens is 282 g/mol. The second kappa shape index (κ2) is 5.62. The van der Waals surface area contributed by atoms with Crippen molar-refractivity contribution in [3.63, 3.8) is 0 Å². The number of nitrogens with zero attached hydrogens (tertiary/aromatic N) is 3. The molecule has 0 atom stereocenters. The van der Waals surface area contributed by atoms with Gasteiger partial charge in [-0.2, -0.15) is 5.10 Å². The summed E-state index contributed by atoms with van der Waals surface area (Å²) in [5.41, 5.74) is 6.70. The van der Waals surface area contributed by atoms with Crippen molar-refractivity contribution in [1.82, 2.24) is 9.78 Å². The Labute approximate surface area is 119 Å². The van der Waals surface area contributed by atoms with Gasteiger partial charge in [-0.3, -0.25) is 9.48 Å². The van der Waals surface area contributed by atoms with Gasteiger partial charge in [-0.1, -0.05) is 16.8 Å². The number of aromatic nitrogens is 2. The van der Waals surface area contributed by atoms with Gasteiger partial charge in [0.2, 0.25) is 0 Å². The molecule has 2 rings (SSSR count). The molecule has 20 heavy (non-hydrogen) atoms. The van der Waals surface area contributed by atoms with E-state index >= 15 is 0 Å². The summed E-state index contributed by atoms with van der Waals surface area (Å²) in [5, 5.41) is 18.4. The van der Waals surface area contributed by atoms with Gasteiger partial charge in [0.1, 0.15) is 0 Å². The van der Waals surface area contributed by atoms with Crippen LogP contribution in [-0.2, 0) is 7.05 Å². The molecule has 1 aromatic carbocycles. The van der Waals surface area contributed by atoms with Gasteiger partial charge in [-0.15, -0.1) is 0 Å². The van der Waals surface area contributed by atoms with Crippen LogP contribution in [0.3, 0.4) is 0 Å². The molecule has 7 nitrogen and oxygen atoms in total. The number of anilines is 1. The molecule has 1 aromatic heterocycles. The molecule has 104 valence electrons. The van der Waals surface area contributed by atoms with Crippen LogP contribution >= 0.6 is 11.6 Å². The van der Waals surface area contributed by atoms with E-state index in [0.29, 0.717) is 21.8 Å². The molecule has 1 heterocycles. The van der Waals surface area contributed by atoms with Crippen molar-refractivity contribution in [2.45, 2.75) is 0 Å². The highest BCUT2D eigenvalue weighted by molar-refractivity contribution is 6.34. The summed E-state index contributed by atoms with van der Waals surface area (Å²) in [6.07, 6.45) is 3.02. The van der Waals surface area contributed by atoms with Gasteiger partial charge in [0.25, 0.3) is 5.91 Å². The van der Waals surface area contributed by atoms with Crippen LogP contribution in [0.5, 0.6) is 0 Å². The Hall–Kier alpha value is -2.54. The summed E-state index contributed by atoms with van der Waals surface area (Å²) in [4.78, 5) is 12.0. The van der Waals surface area contributed by atoms with Crippen LogP contribution in [0.1, 0.15) is 15.9 Å². The third-order valence-corrected chi connectivity index (χ3v) is 2.91. The summed E-state index contributed by atoms with van der Waals surface area (Å²) in [5.74, 6) is -0.421. The highest BCUT2D eigenvalue weighted by Crippen LogP contribution is 2.23. The fourth-order valence-electron chi connectivity index (χ4n) is 1.57. The zero-order chi connectivity index (χ0) is 14.7. The first-order valence-corrected chi connectivity index (χ1v) is 5.96. The number of oxime groups is 1. The fraction of sp³-hybridized carbons (Fsp3) is 0.0833. The van der Waals surface area contributed by atoms with Gasteiger partial charge < -0.3 is 16.3 Å². The number of nitrogens with two attached hydrogens (primary N) is 1. The predicted molar refractivity (Wildman–Crippen MR) is 75.1 cm³/mol. The van der Waals surface area contributed by atoms with E-state index in [1.165, 1.54) is 16.9 Å². The van der Waals surface area contributed by atoms with E-state index in [1.807, 2.05) is 0 Å². The van der Waals surface area contributed by atoms with Gasteiger partial charge in [0.15, 0.2) is 5.84 Å². The zero-order valence-corrected chi connectivity index (χ0v) is 11.3. The zero-order valence-electron chi connectivity index (χ0n) is 10.5. The van der Waals surface area contributed by atoms with E-state index in [0.717, 1.165) is 0 Å². The number of benzene rings is 1. The third kappa shape index (κ3) is 2.89. The maximum atomic E-state index is 12.0. The molecule has 8 heteroatoms. The van der Waals surface area contributed by atoms with Gasteiger partial charge in [-0.25, -0.2) is 0 Å². The molecule has 0 bridgehead atoms. The van der Waals surface area contributed by atoms with Gasteiger partial charge in [0, 0.05) is 18.8 Å². The molecule has 0 saturated carbocycles. The number of nitrogens with one attached hydrogen (secondary N) is 1. The number of hydrogen-bond donors (Lipinski definition) is 3. The molecule has 2 aromatic rings. The molecule has 0 aliphatic heterocycles. The van der Waals surface area contributed by atoms with Crippen molar-refractivity contribution in [3.05, 3.63) is 46.7 Å². The average molecular weight is 294 g/mol. The molecule has 0 unspecified atom stereocenters. The maximum Gasteiger partial charge on any atom is 0.258 e. The van der Waals surface area contributed by atoms with Crippen LogP contribution in [0.4, 0.5) is 5.69 Å². The summed E-state index contributed by atoms with van der Waals surface area (Å²) >= 11 is 6.00. The van der Waals surface area contributed by atoms with E-state index in [9.17, 15) is 4.79 Å². The lowest BCUT2D eigenvalue weighted by Crippen LogP contribution is -2.15. The number of carbonyl (C=O) groups excluding carboxylic acids is 1. The van der Waals surface area contributed by atoms with E-state index in [2.05, 4.69) is 15.6 Å². The summed E-state index contributed by atoms with van der Waals surface area (Å²) in [6.45, 7) is 0. The topological polar surface area (TPSA) is 106 Å². The number of amides is 1. The Bertz CT molecular complexity index is 680. The van der Waals surface area contributed by atoms with E-state index < -0.39 is 0 Å². The fourth-order valence-corrected chi connectivity index (χ4v) is 1.74. The number of rotatable bonds is 3. The van der Waals surface area contributed by atoms with Crippen molar-refractivity contribution in [2.75, 3.05) is 5.32 Å². The lowest BCUT2D eigenvalue weighted by atomic mass is 10.2. The Morgan fingerprint density at radius 2 is 2.25 bits per heavy atom. The van der Waals surface area contributed by atoms with E-state index in [-0.39, 0.29) is 11.7 Å². The summed E-state index contributed by atoms with van der Waals surface area (Å²) in [7, 11) is 1.71. The Morgan fingerprint density at radius 1 is 1.50 bits per heavy atom. The van der Waals surface area contributed by atoms with Crippen LogP contribution in [0, 0.1) is 0 Å². The first-order chi connectivity index (χ1) is 9.51. The van der Waals surface area contributed by atoms with Gasteiger partial charge in [0.05, 0.1) is 22.5 Å². The second-order valence-corrected chi connectivity index (χ2v) is 4.44. The SMILES string of the molecule is Cn1cc(C(=O)Nc2cc(/C(N)=N/O)ccc2Cl)cn1. The standard InChI is InChI=1S/C12H12ClN5O2/c1-18-6-8(5-15-18)12(19)16-10-4-7(11(14)17-20)2-3-9(10)13/h2-6,20H,1H3,(H2,14,17)(H,16,19). The third-order valence-electron chi connectivity index (χ3n) is 2.59. The number of halogens is 1. The van der Waals surface area contributed by atoms with E-state index in [4.69, 9.17) is 22.5 Å². The normalized spacial score (nSPS) is 11.4. The van der Waals surface area contributed by atoms with Crippen LogP contribution in [0.15, 0.2) is 35.7 Å². The minimum atomic E-state index is -0.350. The molecule has 0 saturated heterocycles. The minimum Gasteiger partial charge on any atom is -0.409 e. The average Bonchev–Trinajstić information content (AvgIpc) is 2.87. The Balaban J connectivity index is 2.26. The van der Waals surface area contributed by atoms with Gasteiger partial charge >= 0.3 is 0 Å². The second-order valence-electron chi connectivity index (χ2n) is 4.04. The highest BCUT2D eigenvalue weighted by Gasteiger charge is 2.11. The monoisotopic (exact) mass is 293 g/mol. The van der Waals surface area contributed by atoms with E-state index in [1.54, 1.807) is 25.4 Å². The molecule has 0 aliphatic carbocycles. The van der Waals surface area contributed by atoms with Crippen LogP contribution in [0.25, 0.3) is 0 Å². The Kier molecular flexibility index (Phi) is 3.90. The number of aryl methyl sites for hydroxylation is 1. The van der Waals surface area contributed by atoms with Gasteiger partial charge in [-0.05, 0) is 18.2 Å². The smallest absolute Gasteiger partial charge is 0.258 e. The van der Waals surface area contributed by atoms with Crippen LogP contribution in [-0.4, -0.2) is 26.7 Å². The number of carbonyl (C=O) groups is 1. The lowest BCUT2D eigenvalue weighted by Gasteiger charge is -2.08. The number of amidine groups is 1. The molecular formula is C12H12ClN5O2. The number of hydrogen-bond acceptors (Lipinski definition) is 4. The molecule has 0 spiro atoms. The summed E-state index contributed by atoms with van der Waals surface area (Å²) < 4.78 is 1.52. The molecule has 0 aliphatic rings. The van der Waals surface area contributed by atoms with Crippen molar-refractivity contribution in [3.8, 4) is 0 Å². The van der Waals surface area contributed by atoms with Crippen LogP contribution < -0.4 is 11.1 Å². The van der Waals surface area contributed by atoms with Crippen molar-refractivity contribution < 1.29 is 10.0 Å². The molecule has 4 N–H and O–H groups in total. The van der Waals surface area contributed by atoms with Crippen molar-refractivity contribution >= 4 is 29.0 Å². The molecule has 0 fully saturated rings. The largest absolute Gasteiger partial charge is 0.409 e. The molecule has 1 amide bonds. The van der Waals surface area contributed by atoms with Crippen LogP contribution in [0.2, 0.25) is 5.02 Å². The lowest BCUT2D eigenvalue weighted by molar-refractivity contribution is 0.102. The first kappa shape index (κ1) is 13.9. The minimum absolute atomic E-state index is 0.0708. The first-order valence-electron chi connectivity index (χ1n) is 5.58. The predicted octanol–water partition coefficient (Wildman–Crippen LogP) is 1.42. The summed E-state index contributed by atoms with van der Waals surface area (Å²) in [6, 6.07) is 4.65. The quantitative estimate of drug-likeness (QED) is 0.344. The maximum absolute atomic E-state index is 12.0. The van der Waals surface area contributed by atoms with Crippen molar-refractivity contribution in [2.24, 2.45) is 17.9 Å². The highest BCUT2D eigenvalue weighted by atomic mass is 35.5. The Morgan fingerprint density at radius 3 is 2.85 bits per heavy atom. The molecule has 0 radical (unpaired) electrons. The van der Waals surface area contributed by atoms with Crippen molar-refractivity contribution in [1.29, 1.82) is 0 Å².